The third kappa shape index (κ3) is 5.68. The van der Waals surface area contributed by atoms with Crippen molar-refractivity contribution in [1.29, 1.82) is 0 Å². The number of hydrogen-bond donors (Lipinski definition) is 1. The Labute approximate surface area is 231 Å². The molecule has 1 aromatic heterocycles. The van der Waals surface area contributed by atoms with Gasteiger partial charge in [0.2, 0.25) is 10.9 Å². The molecule has 0 fully saturated rings. The zero-order valence-corrected chi connectivity index (χ0v) is 22.2. The van der Waals surface area contributed by atoms with E-state index in [1.165, 1.54) is 4.90 Å². The molecule has 4 rings (SSSR count). The molecule has 0 saturated heterocycles. The van der Waals surface area contributed by atoms with Gasteiger partial charge < -0.3 is 10.2 Å². The predicted octanol–water partition coefficient (Wildman–Crippen LogP) is 5.45. The van der Waals surface area contributed by atoms with Gasteiger partial charge in [0.15, 0.2) is 0 Å². The van der Waals surface area contributed by atoms with Crippen molar-refractivity contribution >= 4 is 61.8 Å². The number of nitrogens with zero attached hydrogens (tertiary/aromatic N) is 6. The Morgan fingerprint density at radius 1 is 1.00 bits per heavy atom. The lowest BCUT2D eigenvalue weighted by molar-refractivity contribution is -0.389. The quantitative estimate of drug-likeness (QED) is 0.138. The Hall–Kier alpha value is -5.05. The number of carbonyl (C=O) groups is 3. The minimum Gasteiger partial charge on any atom is -0.370 e. The van der Waals surface area contributed by atoms with Crippen molar-refractivity contribution in [3.05, 3.63) is 79.9 Å². The van der Waals surface area contributed by atoms with Crippen molar-refractivity contribution in [1.82, 2.24) is 4.90 Å². The maximum absolute atomic E-state index is 12.7. The van der Waals surface area contributed by atoms with Gasteiger partial charge >= 0.3 is 10.7 Å². The molecular weight excluding hydrogens is 542 g/mol. The first-order valence-electron chi connectivity index (χ1n) is 12.1. The Morgan fingerprint density at radius 3 is 2.25 bits per heavy atom. The van der Waals surface area contributed by atoms with Crippen molar-refractivity contribution in [3.8, 4) is 0 Å². The van der Waals surface area contributed by atoms with Crippen LogP contribution in [-0.2, 0) is 4.79 Å². The van der Waals surface area contributed by atoms with Crippen molar-refractivity contribution < 1.29 is 24.2 Å². The molecule has 1 aliphatic heterocycles. The third-order valence-corrected chi connectivity index (χ3v) is 7.06. The van der Waals surface area contributed by atoms with Crippen LogP contribution >= 0.6 is 11.3 Å². The van der Waals surface area contributed by atoms with Gasteiger partial charge in [-0.2, -0.15) is 0 Å². The molecule has 0 radical (unpaired) electrons. The maximum atomic E-state index is 12.7. The molecule has 0 bridgehead atoms. The number of hydrogen-bond acceptors (Lipinski definition) is 11. The van der Waals surface area contributed by atoms with Crippen LogP contribution in [0.1, 0.15) is 41.0 Å². The molecule has 3 amide bonds. The maximum Gasteiger partial charge on any atom is 0.333 e. The average Bonchev–Trinajstić information content (AvgIpc) is 3.48. The first-order valence-corrected chi connectivity index (χ1v) is 12.9. The topological polar surface area (TPSA) is 181 Å². The molecule has 0 atom stereocenters. The summed E-state index contributed by atoms with van der Waals surface area (Å²) in [5, 5.41) is 32.3. The van der Waals surface area contributed by atoms with Crippen LogP contribution in [-0.4, -0.2) is 52.1 Å². The van der Waals surface area contributed by atoms with Crippen LogP contribution in [0, 0.1) is 20.2 Å². The number of carbonyl (C=O) groups excluding carboxylic acids is 3. The van der Waals surface area contributed by atoms with E-state index in [1.807, 2.05) is 11.8 Å². The molecule has 14 nitrogen and oxygen atoms in total. The molecule has 3 aromatic rings. The fourth-order valence-electron chi connectivity index (χ4n) is 4.03. The van der Waals surface area contributed by atoms with Gasteiger partial charge in [-0.3, -0.25) is 39.5 Å². The molecule has 40 heavy (non-hydrogen) atoms. The first kappa shape index (κ1) is 28.0. The largest absolute Gasteiger partial charge is 0.370 e. The Bertz CT molecular complexity index is 1520. The van der Waals surface area contributed by atoms with E-state index in [9.17, 15) is 34.6 Å². The predicted molar refractivity (Wildman–Crippen MR) is 147 cm³/mol. The summed E-state index contributed by atoms with van der Waals surface area (Å²) in [6.07, 6.45) is 0.167. The molecule has 15 heteroatoms. The SMILES string of the molecule is CCC(=O)Nc1cc(N(CC)CCN2C(=O)c3ccccc3C2=O)ccc1N=Nc1sc([N+](=O)[O-])cc1[N+](=O)[O-]. The van der Waals surface area contributed by atoms with Crippen LogP contribution in [0.2, 0.25) is 0 Å². The van der Waals surface area contributed by atoms with Gasteiger partial charge in [0.05, 0.1) is 26.7 Å². The van der Waals surface area contributed by atoms with Crippen molar-refractivity contribution in [3.63, 3.8) is 0 Å². The highest BCUT2D eigenvalue weighted by Gasteiger charge is 2.35. The Morgan fingerprint density at radius 2 is 1.68 bits per heavy atom. The van der Waals surface area contributed by atoms with E-state index in [2.05, 4.69) is 15.5 Å². The molecule has 0 aliphatic carbocycles. The van der Waals surface area contributed by atoms with Gasteiger partial charge in [-0.1, -0.05) is 19.1 Å². The number of azo groups is 1. The molecule has 0 saturated carbocycles. The summed E-state index contributed by atoms with van der Waals surface area (Å²) in [5.74, 6) is -1.03. The van der Waals surface area contributed by atoms with Gasteiger partial charge in [-0.25, -0.2) is 0 Å². The second-order valence-electron chi connectivity index (χ2n) is 8.48. The molecule has 206 valence electrons. The molecule has 1 aliphatic rings. The molecule has 0 spiro atoms. The molecule has 2 heterocycles. The lowest BCUT2D eigenvalue weighted by Gasteiger charge is -2.26. The van der Waals surface area contributed by atoms with Crippen LogP contribution in [0.5, 0.6) is 0 Å². The molecular formula is C25H23N7O7S. The second-order valence-corrected chi connectivity index (χ2v) is 9.49. The van der Waals surface area contributed by atoms with E-state index >= 15 is 0 Å². The number of likely N-dealkylation sites (N-methyl/N-ethyl adjacent to an activating group) is 1. The van der Waals surface area contributed by atoms with Gasteiger partial charge in [0.1, 0.15) is 11.8 Å². The highest BCUT2D eigenvalue weighted by atomic mass is 32.1. The zero-order chi connectivity index (χ0) is 29.0. The minimum absolute atomic E-state index is 0.138. The number of amides is 3. The normalized spacial score (nSPS) is 12.6. The van der Waals surface area contributed by atoms with E-state index in [-0.39, 0.29) is 47.1 Å². The lowest BCUT2D eigenvalue weighted by atomic mass is 10.1. The summed E-state index contributed by atoms with van der Waals surface area (Å²) in [6, 6.07) is 12.3. The fraction of sp³-hybridized carbons (Fsp3) is 0.240. The summed E-state index contributed by atoms with van der Waals surface area (Å²) < 4.78 is 0. The van der Waals surface area contributed by atoms with Crippen LogP contribution in [0.15, 0.2) is 58.8 Å². The van der Waals surface area contributed by atoms with Crippen LogP contribution < -0.4 is 10.2 Å². The monoisotopic (exact) mass is 565 g/mol. The molecule has 1 N–H and O–H groups in total. The smallest absolute Gasteiger partial charge is 0.333 e. The van der Waals surface area contributed by atoms with E-state index in [0.717, 1.165) is 6.07 Å². The number of imide groups is 1. The lowest BCUT2D eigenvalue weighted by Crippen LogP contribution is -2.38. The summed E-state index contributed by atoms with van der Waals surface area (Å²) in [5.41, 5.74) is 1.27. The van der Waals surface area contributed by atoms with Crippen molar-refractivity contribution in [2.75, 3.05) is 29.9 Å². The van der Waals surface area contributed by atoms with Crippen LogP contribution in [0.25, 0.3) is 0 Å². The summed E-state index contributed by atoms with van der Waals surface area (Å²) in [6.45, 7) is 4.52. The minimum atomic E-state index is -0.784. The van der Waals surface area contributed by atoms with Gasteiger partial charge in [0.25, 0.3) is 11.8 Å². The number of nitro groups is 2. The number of rotatable bonds is 11. The Kier molecular flexibility index (Phi) is 8.23. The van der Waals surface area contributed by atoms with Crippen molar-refractivity contribution in [2.24, 2.45) is 10.2 Å². The summed E-state index contributed by atoms with van der Waals surface area (Å²) in [7, 11) is 0. The highest BCUT2D eigenvalue weighted by molar-refractivity contribution is 7.19. The number of benzene rings is 2. The van der Waals surface area contributed by atoms with E-state index < -0.39 is 20.5 Å². The van der Waals surface area contributed by atoms with Crippen molar-refractivity contribution in [2.45, 2.75) is 20.3 Å². The van der Waals surface area contributed by atoms with Crippen LogP contribution in [0.4, 0.5) is 32.8 Å². The van der Waals surface area contributed by atoms with E-state index in [0.29, 0.717) is 41.2 Å². The van der Waals surface area contributed by atoms with E-state index in [4.69, 9.17) is 0 Å². The van der Waals surface area contributed by atoms with E-state index in [1.54, 1.807) is 49.4 Å². The number of nitrogens with one attached hydrogen (secondary N) is 1. The first-order chi connectivity index (χ1) is 19.1. The zero-order valence-electron chi connectivity index (χ0n) is 21.4. The van der Waals surface area contributed by atoms with Crippen LogP contribution in [0.3, 0.4) is 0 Å². The van der Waals surface area contributed by atoms with Gasteiger partial charge in [-0.15, -0.1) is 10.2 Å². The number of fused-ring (bicyclic) bond motifs is 1. The average molecular weight is 566 g/mol. The van der Waals surface area contributed by atoms with Gasteiger partial charge in [-0.05, 0) is 48.6 Å². The summed E-state index contributed by atoms with van der Waals surface area (Å²) >= 11 is 0.509. The highest BCUT2D eigenvalue weighted by Crippen LogP contribution is 2.42. The second kappa shape index (κ2) is 11.8. The summed E-state index contributed by atoms with van der Waals surface area (Å²) in [4.78, 5) is 61.6. The standard InChI is InChI=1S/C25H23N7O7S/c1-3-21(33)26-19-13-15(9-10-18(19)27-28-23-20(31(36)37)14-22(40-23)32(38)39)29(4-2)11-12-30-24(34)16-7-5-6-8-17(16)25(30)35/h5-10,13-14H,3-4,11-12H2,1-2H3,(H,26,33). The Balaban J connectivity index is 1.59. The number of anilines is 2. The molecule has 2 aromatic carbocycles. The number of thiophene rings is 1. The fourth-order valence-corrected chi connectivity index (χ4v) is 4.79. The third-order valence-electron chi connectivity index (χ3n) is 6.10. The van der Waals surface area contributed by atoms with Gasteiger partial charge in [0, 0.05) is 31.7 Å². The molecule has 0 unspecified atom stereocenters.